The average Bonchev–Trinajstić information content (AvgIpc) is 2.86. The summed E-state index contributed by atoms with van der Waals surface area (Å²) in [5.41, 5.74) is 2.78. The highest BCUT2D eigenvalue weighted by Gasteiger charge is 2.34. The number of hydrogen-bond donors (Lipinski definition) is 1. The van der Waals surface area contributed by atoms with E-state index in [1.165, 1.54) is 17.7 Å². The summed E-state index contributed by atoms with van der Waals surface area (Å²) in [6.45, 7) is 5.57. The summed E-state index contributed by atoms with van der Waals surface area (Å²) < 4.78 is 20.2. The lowest BCUT2D eigenvalue weighted by molar-refractivity contribution is 0.0325. The Labute approximate surface area is 206 Å². The van der Waals surface area contributed by atoms with Gasteiger partial charge >= 0.3 is 0 Å². The van der Waals surface area contributed by atoms with Gasteiger partial charge in [0.2, 0.25) is 5.88 Å². The lowest BCUT2D eigenvalue weighted by Crippen LogP contribution is -2.49. The van der Waals surface area contributed by atoms with E-state index in [1.54, 1.807) is 29.3 Å². The second-order valence-corrected chi connectivity index (χ2v) is 9.39. The molecule has 1 amide bonds. The largest absolute Gasteiger partial charge is 0.472 e. The van der Waals surface area contributed by atoms with Gasteiger partial charge in [0.25, 0.3) is 5.91 Å². The Morgan fingerprint density at radius 3 is 2.66 bits per heavy atom. The van der Waals surface area contributed by atoms with Gasteiger partial charge in [0, 0.05) is 37.3 Å². The molecule has 1 aromatic heterocycles. The molecule has 0 unspecified atom stereocenters. The maximum absolute atomic E-state index is 13.8. The summed E-state index contributed by atoms with van der Waals surface area (Å²) in [4.78, 5) is 21.9. The number of aromatic nitrogens is 1. The van der Waals surface area contributed by atoms with Gasteiger partial charge in [-0.2, -0.15) is 0 Å². The highest BCUT2D eigenvalue weighted by molar-refractivity contribution is 5.98. The van der Waals surface area contributed by atoms with Crippen LogP contribution in [0, 0.1) is 11.7 Å². The summed E-state index contributed by atoms with van der Waals surface area (Å²) in [6.07, 6.45) is 1.38. The van der Waals surface area contributed by atoms with Gasteiger partial charge in [-0.05, 0) is 43.3 Å². The first-order valence-electron chi connectivity index (χ1n) is 11.9. The molecule has 0 fully saturated rings. The molecule has 2 aromatic carbocycles. The zero-order chi connectivity index (χ0) is 24.9. The minimum Gasteiger partial charge on any atom is -0.472 e. The van der Waals surface area contributed by atoms with Crippen molar-refractivity contribution in [3.05, 3.63) is 83.8 Å². The van der Waals surface area contributed by atoms with Crippen LogP contribution in [-0.2, 0) is 6.54 Å². The molecule has 4 rings (SSSR count). The van der Waals surface area contributed by atoms with E-state index in [4.69, 9.17) is 4.74 Å². The Hall–Kier alpha value is -3.29. The number of rotatable bonds is 7. The molecule has 35 heavy (non-hydrogen) atoms. The van der Waals surface area contributed by atoms with E-state index in [2.05, 4.69) is 28.9 Å². The van der Waals surface area contributed by atoms with Crippen molar-refractivity contribution in [1.29, 1.82) is 0 Å². The molecule has 1 N–H and O–H groups in total. The number of aliphatic hydroxyl groups is 1. The number of aliphatic hydroxyl groups excluding tert-OH is 1. The number of halogens is 1. The Bertz CT molecular complexity index is 1160. The van der Waals surface area contributed by atoms with Crippen LogP contribution in [0.4, 0.5) is 4.39 Å². The number of ether oxygens (including phenoxy) is 1. The van der Waals surface area contributed by atoms with E-state index < -0.39 is 0 Å². The first kappa shape index (κ1) is 24.8. The van der Waals surface area contributed by atoms with Gasteiger partial charge in [-0.3, -0.25) is 9.69 Å². The van der Waals surface area contributed by atoms with Crippen LogP contribution in [0.25, 0.3) is 11.1 Å². The fourth-order valence-corrected chi connectivity index (χ4v) is 4.41. The minimum atomic E-state index is -0.364. The molecule has 1 aliphatic heterocycles. The number of hydrogen-bond acceptors (Lipinski definition) is 5. The van der Waals surface area contributed by atoms with Crippen LogP contribution in [-0.4, -0.2) is 64.7 Å². The van der Waals surface area contributed by atoms with E-state index >= 15 is 0 Å². The summed E-state index contributed by atoms with van der Waals surface area (Å²) in [6, 6.07) is 17.8. The molecule has 3 atom stereocenters. The molecule has 0 radical (unpaired) electrons. The normalized spacial score (nSPS) is 19.0. The molecular weight excluding hydrogens is 445 g/mol. The predicted molar refractivity (Wildman–Crippen MR) is 134 cm³/mol. The van der Waals surface area contributed by atoms with Gasteiger partial charge in [-0.15, -0.1) is 0 Å². The van der Waals surface area contributed by atoms with Crippen molar-refractivity contribution in [2.75, 3.05) is 26.7 Å². The van der Waals surface area contributed by atoms with E-state index in [9.17, 15) is 14.3 Å². The second-order valence-electron chi connectivity index (χ2n) is 9.39. The Balaban J connectivity index is 1.66. The molecule has 6 nitrogen and oxygen atoms in total. The highest BCUT2D eigenvalue weighted by Crippen LogP contribution is 2.30. The predicted octanol–water partition coefficient (Wildman–Crippen LogP) is 4.24. The molecule has 1 aliphatic rings. The van der Waals surface area contributed by atoms with Crippen LogP contribution in [0.3, 0.4) is 0 Å². The fourth-order valence-electron chi connectivity index (χ4n) is 4.41. The number of likely N-dealkylation sites (N-methyl/N-ethyl adjacent to an activating group) is 1. The van der Waals surface area contributed by atoms with Crippen molar-refractivity contribution in [1.82, 2.24) is 14.8 Å². The lowest BCUT2D eigenvalue weighted by atomic mass is 9.99. The van der Waals surface area contributed by atoms with Crippen molar-refractivity contribution in [3.63, 3.8) is 0 Å². The maximum Gasteiger partial charge on any atom is 0.259 e. The van der Waals surface area contributed by atoms with Crippen molar-refractivity contribution in [2.45, 2.75) is 32.5 Å². The van der Waals surface area contributed by atoms with Crippen LogP contribution in [0.2, 0.25) is 0 Å². The summed E-state index contributed by atoms with van der Waals surface area (Å²) >= 11 is 0. The van der Waals surface area contributed by atoms with E-state index in [0.717, 1.165) is 6.54 Å². The van der Waals surface area contributed by atoms with Crippen molar-refractivity contribution in [2.24, 2.45) is 5.92 Å². The number of carbonyl (C=O) groups excluding carboxylic acids is 1. The van der Waals surface area contributed by atoms with Gasteiger partial charge < -0.3 is 14.7 Å². The number of fused-ring (bicyclic) bond motifs is 1. The van der Waals surface area contributed by atoms with E-state index in [1.807, 2.05) is 32.2 Å². The maximum atomic E-state index is 13.8. The first-order valence-corrected chi connectivity index (χ1v) is 11.9. The van der Waals surface area contributed by atoms with Gasteiger partial charge in [0.1, 0.15) is 17.5 Å². The van der Waals surface area contributed by atoms with Gasteiger partial charge in [-0.25, -0.2) is 9.37 Å². The van der Waals surface area contributed by atoms with Gasteiger partial charge in [0.15, 0.2) is 0 Å². The fraction of sp³-hybridized carbons (Fsp3) is 0.357. The number of amides is 1. The molecule has 0 saturated heterocycles. The van der Waals surface area contributed by atoms with Gasteiger partial charge in [-0.1, -0.05) is 49.4 Å². The molecule has 7 heteroatoms. The quantitative estimate of drug-likeness (QED) is 0.552. The molecule has 0 aliphatic carbocycles. The van der Waals surface area contributed by atoms with Crippen molar-refractivity contribution in [3.8, 4) is 17.0 Å². The average molecular weight is 478 g/mol. The van der Waals surface area contributed by atoms with Crippen LogP contribution in [0.1, 0.15) is 29.8 Å². The number of pyridine rings is 1. The molecule has 3 aromatic rings. The molecule has 0 bridgehead atoms. The zero-order valence-electron chi connectivity index (χ0n) is 20.4. The zero-order valence-corrected chi connectivity index (χ0v) is 20.4. The van der Waals surface area contributed by atoms with E-state index in [0.29, 0.717) is 29.8 Å². The third kappa shape index (κ3) is 5.86. The summed E-state index contributed by atoms with van der Waals surface area (Å²) in [5, 5.41) is 9.85. The topological polar surface area (TPSA) is 65.9 Å². The Kier molecular flexibility index (Phi) is 7.78. The monoisotopic (exact) mass is 477 g/mol. The molecule has 184 valence electrons. The van der Waals surface area contributed by atoms with E-state index in [-0.39, 0.29) is 42.3 Å². The second kappa shape index (κ2) is 11.0. The Morgan fingerprint density at radius 1 is 1.17 bits per heavy atom. The van der Waals surface area contributed by atoms with Crippen LogP contribution >= 0.6 is 0 Å². The van der Waals surface area contributed by atoms with Crippen LogP contribution in [0.15, 0.2) is 66.9 Å². The Morgan fingerprint density at radius 2 is 1.94 bits per heavy atom. The van der Waals surface area contributed by atoms with Crippen molar-refractivity contribution < 1.29 is 19.0 Å². The van der Waals surface area contributed by atoms with Crippen molar-refractivity contribution >= 4 is 5.91 Å². The molecular formula is C28H32FN3O3. The lowest BCUT2D eigenvalue weighted by Gasteiger charge is -2.37. The number of carbonyl (C=O) groups is 1. The highest BCUT2D eigenvalue weighted by atomic mass is 19.1. The molecule has 0 spiro atoms. The first-order chi connectivity index (χ1) is 16.9. The summed E-state index contributed by atoms with van der Waals surface area (Å²) in [5.74, 6) is -0.350. The SMILES string of the molecule is C[C@H]1CN([C@@H](C)CO)C(=O)c2cc(-c3cccc(F)c3)cnc2O[C@@H]1CN(C)Cc1ccccc1. The summed E-state index contributed by atoms with van der Waals surface area (Å²) in [7, 11) is 2.04. The third-order valence-electron chi connectivity index (χ3n) is 6.47. The van der Waals surface area contributed by atoms with Crippen LogP contribution in [0.5, 0.6) is 5.88 Å². The number of benzene rings is 2. The standard InChI is InChI=1S/C28H32FN3O3/c1-19-15-32(20(2)18-33)28(34)25-13-23(22-10-7-11-24(29)12-22)14-30-27(25)35-26(19)17-31(3)16-21-8-5-4-6-9-21/h4-14,19-20,26,33H,15-18H2,1-3H3/t19-,20-,26+/m0/s1. The number of nitrogens with zero attached hydrogens (tertiary/aromatic N) is 3. The van der Waals surface area contributed by atoms with Crippen LogP contribution < -0.4 is 4.74 Å². The van der Waals surface area contributed by atoms with Gasteiger partial charge in [0.05, 0.1) is 12.6 Å². The third-order valence-corrected chi connectivity index (χ3v) is 6.47. The molecule has 0 saturated carbocycles. The minimum absolute atomic E-state index is 0.00372. The molecule has 2 heterocycles. The smallest absolute Gasteiger partial charge is 0.259 e.